The largest absolute Gasteiger partial charge is 0.392 e. The summed E-state index contributed by atoms with van der Waals surface area (Å²) < 4.78 is 18.7. The van der Waals surface area contributed by atoms with Crippen molar-refractivity contribution in [3.05, 3.63) is 131 Å². The van der Waals surface area contributed by atoms with Crippen LogP contribution in [0, 0.1) is 0 Å². The Balaban J connectivity index is 1.11. The van der Waals surface area contributed by atoms with Crippen molar-refractivity contribution in [3.63, 3.8) is 0 Å². The van der Waals surface area contributed by atoms with Gasteiger partial charge in [0.1, 0.15) is 0 Å². The molecular weight excluding hydrogens is 590 g/mol. The SMILES string of the molecule is COC[C@@H]1CCCN1C[C@@H]1C[C@H](c2ccc(CO)cc2)O[C@H](c2ccc(-c3cccc(CNC(=O)NCc4ccccc4)c3)cc2)O1. The van der Waals surface area contributed by atoms with Crippen LogP contribution in [0.25, 0.3) is 11.1 Å². The van der Waals surface area contributed by atoms with E-state index in [9.17, 15) is 9.90 Å². The Morgan fingerprint density at radius 2 is 1.55 bits per heavy atom. The van der Waals surface area contributed by atoms with Crippen molar-refractivity contribution < 1.29 is 24.1 Å². The van der Waals surface area contributed by atoms with Crippen LogP contribution in [0.5, 0.6) is 0 Å². The van der Waals surface area contributed by atoms with E-state index in [1.165, 1.54) is 6.42 Å². The van der Waals surface area contributed by atoms with Crippen LogP contribution < -0.4 is 10.6 Å². The van der Waals surface area contributed by atoms with Crippen LogP contribution in [-0.2, 0) is 33.9 Å². The molecule has 2 amide bonds. The van der Waals surface area contributed by atoms with E-state index in [0.717, 1.165) is 71.5 Å². The highest BCUT2D eigenvalue weighted by Gasteiger charge is 2.35. The number of methoxy groups -OCH3 is 1. The van der Waals surface area contributed by atoms with Crippen LogP contribution in [0.1, 0.15) is 59.5 Å². The van der Waals surface area contributed by atoms with Gasteiger partial charge in [0.15, 0.2) is 6.29 Å². The monoisotopic (exact) mass is 635 g/mol. The molecule has 246 valence electrons. The molecule has 4 aromatic rings. The van der Waals surface area contributed by atoms with E-state index in [4.69, 9.17) is 14.2 Å². The molecule has 2 fully saturated rings. The van der Waals surface area contributed by atoms with Crippen molar-refractivity contribution in [2.24, 2.45) is 0 Å². The van der Waals surface area contributed by atoms with Gasteiger partial charge in [0.25, 0.3) is 0 Å². The van der Waals surface area contributed by atoms with Gasteiger partial charge < -0.3 is 30.0 Å². The number of hydrogen-bond donors (Lipinski definition) is 3. The number of likely N-dealkylation sites (tertiary alicyclic amines) is 1. The van der Waals surface area contributed by atoms with Gasteiger partial charge in [-0.25, -0.2) is 4.79 Å². The van der Waals surface area contributed by atoms with E-state index in [1.807, 2.05) is 54.6 Å². The molecule has 0 aliphatic carbocycles. The minimum absolute atomic E-state index is 0.00229. The quantitative estimate of drug-likeness (QED) is 0.165. The lowest BCUT2D eigenvalue weighted by Gasteiger charge is -2.38. The van der Waals surface area contributed by atoms with Gasteiger partial charge in [-0.15, -0.1) is 0 Å². The fourth-order valence-corrected chi connectivity index (χ4v) is 6.53. The number of amides is 2. The van der Waals surface area contributed by atoms with Crippen LogP contribution in [0.3, 0.4) is 0 Å². The number of nitrogens with one attached hydrogen (secondary N) is 2. The summed E-state index contributed by atoms with van der Waals surface area (Å²) >= 11 is 0. The molecule has 2 aliphatic rings. The maximum Gasteiger partial charge on any atom is 0.315 e. The molecular formula is C39H45N3O5. The third-order valence-electron chi connectivity index (χ3n) is 9.10. The Bertz CT molecular complexity index is 1560. The Morgan fingerprint density at radius 3 is 2.30 bits per heavy atom. The van der Waals surface area contributed by atoms with Crippen molar-refractivity contribution in [1.29, 1.82) is 0 Å². The van der Waals surface area contributed by atoms with E-state index >= 15 is 0 Å². The summed E-state index contributed by atoms with van der Waals surface area (Å²) in [5, 5.41) is 15.4. The molecule has 3 N–H and O–H groups in total. The second-order valence-electron chi connectivity index (χ2n) is 12.4. The van der Waals surface area contributed by atoms with Gasteiger partial charge in [0.2, 0.25) is 0 Å². The first-order chi connectivity index (χ1) is 23.1. The summed E-state index contributed by atoms with van der Waals surface area (Å²) in [6.45, 7) is 3.56. The predicted molar refractivity (Wildman–Crippen MR) is 182 cm³/mol. The number of carbonyl (C=O) groups is 1. The zero-order chi connectivity index (χ0) is 32.4. The summed E-state index contributed by atoms with van der Waals surface area (Å²) in [6.07, 6.45) is 2.46. The molecule has 2 heterocycles. The molecule has 8 nitrogen and oxygen atoms in total. The fraction of sp³-hybridized carbons (Fsp3) is 0.359. The summed E-state index contributed by atoms with van der Waals surface area (Å²) in [4.78, 5) is 14.9. The molecule has 0 saturated carbocycles. The van der Waals surface area contributed by atoms with Crippen LogP contribution in [-0.4, -0.2) is 55.0 Å². The molecule has 4 aromatic carbocycles. The summed E-state index contributed by atoms with van der Waals surface area (Å²) in [6, 6.07) is 34.7. The first-order valence-electron chi connectivity index (χ1n) is 16.6. The number of rotatable bonds is 12. The number of nitrogens with zero attached hydrogens (tertiary/aromatic N) is 1. The first-order valence-corrected chi connectivity index (χ1v) is 16.6. The molecule has 0 radical (unpaired) electrons. The predicted octanol–water partition coefficient (Wildman–Crippen LogP) is 6.50. The third kappa shape index (κ3) is 8.86. The smallest absolute Gasteiger partial charge is 0.315 e. The number of aliphatic hydroxyl groups is 1. The van der Waals surface area contributed by atoms with Crippen molar-refractivity contribution in [1.82, 2.24) is 15.5 Å². The summed E-state index contributed by atoms with van der Waals surface area (Å²) in [5.41, 5.74) is 7.17. The van der Waals surface area contributed by atoms with E-state index < -0.39 is 6.29 Å². The molecule has 47 heavy (non-hydrogen) atoms. The lowest BCUT2D eigenvalue weighted by Crippen LogP contribution is -2.42. The van der Waals surface area contributed by atoms with Gasteiger partial charge >= 0.3 is 6.03 Å². The van der Waals surface area contributed by atoms with Gasteiger partial charge in [0.05, 0.1) is 25.4 Å². The third-order valence-corrected chi connectivity index (χ3v) is 9.10. The van der Waals surface area contributed by atoms with Gasteiger partial charge in [-0.05, 0) is 58.8 Å². The van der Waals surface area contributed by atoms with Gasteiger partial charge in [0, 0.05) is 44.8 Å². The Kier molecular flexibility index (Phi) is 11.3. The van der Waals surface area contributed by atoms with E-state index in [1.54, 1.807) is 7.11 Å². The molecule has 0 bridgehead atoms. The zero-order valence-electron chi connectivity index (χ0n) is 27.0. The molecule has 0 aromatic heterocycles. The average Bonchev–Trinajstić information content (AvgIpc) is 3.56. The maximum absolute atomic E-state index is 12.4. The molecule has 6 rings (SSSR count). The second-order valence-corrected chi connectivity index (χ2v) is 12.4. The number of carbonyl (C=O) groups excluding carboxylic acids is 1. The topological polar surface area (TPSA) is 92.3 Å². The number of urea groups is 1. The van der Waals surface area contributed by atoms with Gasteiger partial charge in [-0.2, -0.15) is 0 Å². The molecule has 2 aliphatic heterocycles. The van der Waals surface area contributed by atoms with Gasteiger partial charge in [-0.3, -0.25) is 4.90 Å². The van der Waals surface area contributed by atoms with Crippen molar-refractivity contribution in [2.45, 2.75) is 63.5 Å². The number of aliphatic hydroxyl groups excluding tert-OH is 1. The molecule has 4 atom stereocenters. The van der Waals surface area contributed by atoms with Crippen LogP contribution >= 0.6 is 0 Å². The lowest BCUT2D eigenvalue weighted by molar-refractivity contribution is -0.253. The van der Waals surface area contributed by atoms with E-state index in [-0.39, 0.29) is 24.8 Å². The highest BCUT2D eigenvalue weighted by atomic mass is 16.7. The minimum Gasteiger partial charge on any atom is -0.392 e. The minimum atomic E-state index is -0.501. The highest BCUT2D eigenvalue weighted by molar-refractivity contribution is 5.74. The highest BCUT2D eigenvalue weighted by Crippen LogP contribution is 2.39. The number of hydrogen-bond acceptors (Lipinski definition) is 6. The van der Waals surface area contributed by atoms with Gasteiger partial charge in [-0.1, -0.05) is 97.1 Å². The zero-order valence-corrected chi connectivity index (χ0v) is 27.0. The van der Waals surface area contributed by atoms with E-state index in [0.29, 0.717) is 19.1 Å². The van der Waals surface area contributed by atoms with Crippen molar-refractivity contribution >= 4 is 6.03 Å². The van der Waals surface area contributed by atoms with Crippen LogP contribution in [0.4, 0.5) is 4.79 Å². The molecule has 0 spiro atoms. The Hall–Kier alpha value is -4.05. The van der Waals surface area contributed by atoms with Crippen molar-refractivity contribution in [2.75, 3.05) is 26.8 Å². The standard InChI is InChI=1S/C39H45N3O5/c1-45-27-35-11-6-20-42(35)25-36-22-37(32-14-12-29(26-43)13-15-32)47-38(46-36)33-18-16-31(17-19-33)34-10-5-9-30(21-34)24-41-39(44)40-23-28-7-3-2-4-8-28/h2-5,7-10,12-19,21,35-38,43H,6,11,20,22-27H2,1H3,(H2,40,41,44)/t35-,36-,37+,38+/m0/s1. The van der Waals surface area contributed by atoms with E-state index in [2.05, 4.69) is 64.1 Å². The summed E-state index contributed by atoms with van der Waals surface area (Å²) in [5.74, 6) is 0. The number of ether oxygens (including phenoxy) is 3. The normalized spacial score (nSPS) is 21.4. The maximum atomic E-state index is 12.4. The second kappa shape index (κ2) is 16.2. The average molecular weight is 636 g/mol. The Morgan fingerprint density at radius 1 is 0.830 bits per heavy atom. The van der Waals surface area contributed by atoms with Crippen molar-refractivity contribution in [3.8, 4) is 11.1 Å². The van der Waals surface area contributed by atoms with Crippen LogP contribution in [0.15, 0.2) is 103 Å². The fourth-order valence-electron chi connectivity index (χ4n) is 6.53. The molecule has 2 saturated heterocycles. The first kappa shape index (κ1) is 32.9. The lowest BCUT2D eigenvalue weighted by atomic mass is 9.99. The molecule has 0 unspecified atom stereocenters. The Labute approximate surface area is 277 Å². The number of benzene rings is 4. The van der Waals surface area contributed by atoms with Crippen LogP contribution in [0.2, 0.25) is 0 Å². The molecule has 8 heteroatoms. The summed E-state index contributed by atoms with van der Waals surface area (Å²) in [7, 11) is 1.77.